The number of halogens is 1. The zero-order valence-corrected chi connectivity index (χ0v) is 13.1. The van der Waals surface area contributed by atoms with Crippen LogP contribution in [0.25, 0.3) is 0 Å². The van der Waals surface area contributed by atoms with Crippen molar-refractivity contribution in [2.75, 3.05) is 6.61 Å². The molecule has 0 saturated heterocycles. The smallest absolute Gasteiger partial charge is 0.169 e. The number of Topliss-reactive ketones (excluding diaryl/α,β-unsaturated/α-hetero) is 1. The third-order valence-corrected chi connectivity index (χ3v) is 5.08. The number of carbonyl (C=O) groups is 1. The van der Waals surface area contributed by atoms with Gasteiger partial charge in [0.25, 0.3) is 0 Å². The van der Waals surface area contributed by atoms with Crippen LogP contribution in [-0.4, -0.2) is 18.0 Å². The lowest BCUT2D eigenvalue weighted by Crippen LogP contribution is -2.46. The number of carbonyl (C=O) groups excluding carboxylic acids is 1. The summed E-state index contributed by atoms with van der Waals surface area (Å²) in [6.45, 7) is 4.78. The Morgan fingerprint density at radius 2 is 2.37 bits per heavy atom. The van der Waals surface area contributed by atoms with E-state index in [4.69, 9.17) is 16.3 Å². The molecule has 2 unspecified atom stereocenters. The van der Waals surface area contributed by atoms with Crippen molar-refractivity contribution < 1.29 is 9.53 Å². The van der Waals surface area contributed by atoms with Crippen molar-refractivity contribution in [1.29, 1.82) is 0 Å². The molecule has 0 radical (unpaired) electrons. The minimum atomic E-state index is -0.553. The van der Waals surface area contributed by atoms with Gasteiger partial charge in [-0.25, -0.2) is 0 Å². The van der Waals surface area contributed by atoms with Gasteiger partial charge >= 0.3 is 0 Å². The molecule has 0 bridgehead atoms. The molecule has 1 saturated carbocycles. The molecule has 0 amide bonds. The van der Waals surface area contributed by atoms with Crippen molar-refractivity contribution >= 4 is 28.7 Å². The van der Waals surface area contributed by atoms with Gasteiger partial charge in [-0.1, -0.05) is 24.9 Å². The second-order valence-electron chi connectivity index (χ2n) is 5.43. The normalized spacial score (nSPS) is 27.4. The predicted molar refractivity (Wildman–Crippen MR) is 80.0 cm³/mol. The molecule has 4 heteroatoms. The quantitative estimate of drug-likeness (QED) is 0.800. The van der Waals surface area contributed by atoms with Gasteiger partial charge in [0.15, 0.2) is 5.78 Å². The van der Waals surface area contributed by atoms with Crippen molar-refractivity contribution in [1.82, 2.24) is 0 Å². The average molecular weight is 301 g/mol. The van der Waals surface area contributed by atoms with Crippen LogP contribution < -0.4 is 0 Å². The molecule has 19 heavy (non-hydrogen) atoms. The minimum Gasteiger partial charge on any atom is -0.367 e. The summed E-state index contributed by atoms with van der Waals surface area (Å²) in [5.41, 5.74) is -0.553. The molecule has 1 aliphatic rings. The van der Waals surface area contributed by atoms with E-state index < -0.39 is 5.60 Å². The summed E-state index contributed by atoms with van der Waals surface area (Å²) in [7, 11) is 0. The Kier molecular flexibility index (Phi) is 5.04. The molecule has 1 heterocycles. The molecule has 2 rings (SSSR count). The van der Waals surface area contributed by atoms with E-state index in [0.29, 0.717) is 18.9 Å². The van der Waals surface area contributed by atoms with E-state index in [1.807, 2.05) is 19.1 Å². The van der Waals surface area contributed by atoms with Crippen LogP contribution in [0.3, 0.4) is 0 Å². The maximum absolute atomic E-state index is 12.7. The third-order valence-electron chi connectivity index (χ3n) is 3.85. The van der Waals surface area contributed by atoms with E-state index in [-0.39, 0.29) is 5.78 Å². The number of ketones is 1. The third kappa shape index (κ3) is 3.59. The Hall–Kier alpha value is -0.380. The molecule has 1 aromatic heterocycles. The summed E-state index contributed by atoms with van der Waals surface area (Å²) in [4.78, 5) is 13.7. The summed E-state index contributed by atoms with van der Waals surface area (Å²) >= 11 is 7.41. The summed E-state index contributed by atoms with van der Waals surface area (Å²) in [5.74, 6) is 0.788. The van der Waals surface area contributed by atoms with Gasteiger partial charge in [0.05, 0.1) is 4.34 Å². The second-order valence-corrected chi connectivity index (χ2v) is 7.23. The molecule has 1 aromatic rings. The number of ether oxygens (including phenoxy) is 1. The maximum atomic E-state index is 12.7. The fraction of sp³-hybridized carbons (Fsp3) is 0.667. The molecular weight excluding hydrogens is 280 g/mol. The van der Waals surface area contributed by atoms with E-state index in [9.17, 15) is 4.79 Å². The first-order valence-electron chi connectivity index (χ1n) is 6.97. The highest BCUT2D eigenvalue weighted by Crippen LogP contribution is 2.37. The molecule has 1 aliphatic carbocycles. The van der Waals surface area contributed by atoms with Crippen molar-refractivity contribution in [2.45, 2.75) is 51.6 Å². The van der Waals surface area contributed by atoms with Crippen LogP contribution in [0.15, 0.2) is 12.1 Å². The lowest BCUT2D eigenvalue weighted by Gasteiger charge is -2.38. The number of hydrogen-bond acceptors (Lipinski definition) is 3. The van der Waals surface area contributed by atoms with Gasteiger partial charge in [-0.15, -0.1) is 11.3 Å². The molecule has 106 valence electrons. The first-order chi connectivity index (χ1) is 9.05. The topological polar surface area (TPSA) is 26.3 Å². The van der Waals surface area contributed by atoms with Crippen molar-refractivity contribution in [3.05, 3.63) is 21.3 Å². The number of thiophene rings is 1. The Bertz CT molecular complexity index is 439. The second kappa shape index (κ2) is 6.38. The standard InChI is InChI=1S/C15H21ClO2S/c1-3-18-15(8-4-5-11(2)10-15)13(17)9-12-6-7-14(16)19-12/h6-7,11H,3-5,8-10H2,1-2H3. The number of hydrogen-bond donors (Lipinski definition) is 0. The highest BCUT2D eigenvalue weighted by molar-refractivity contribution is 7.16. The van der Waals surface area contributed by atoms with Crippen LogP contribution in [0.2, 0.25) is 4.34 Å². The summed E-state index contributed by atoms with van der Waals surface area (Å²) in [6.07, 6.45) is 4.46. The SMILES string of the molecule is CCOC1(C(=O)Cc2ccc(Cl)s2)CCCC(C)C1. The van der Waals surface area contributed by atoms with E-state index in [1.54, 1.807) is 0 Å². The molecule has 0 N–H and O–H groups in total. The van der Waals surface area contributed by atoms with E-state index in [1.165, 1.54) is 17.8 Å². The largest absolute Gasteiger partial charge is 0.367 e. The van der Waals surface area contributed by atoms with Gasteiger partial charge in [-0.2, -0.15) is 0 Å². The lowest BCUT2D eigenvalue weighted by atomic mass is 9.75. The van der Waals surface area contributed by atoms with E-state index >= 15 is 0 Å². The zero-order chi connectivity index (χ0) is 13.9. The van der Waals surface area contributed by atoms with Crippen LogP contribution in [0, 0.1) is 5.92 Å². The van der Waals surface area contributed by atoms with Crippen LogP contribution in [0.4, 0.5) is 0 Å². The lowest BCUT2D eigenvalue weighted by molar-refractivity contribution is -0.150. The average Bonchev–Trinajstić information content (AvgIpc) is 2.75. The Balaban J connectivity index is 2.11. The van der Waals surface area contributed by atoms with Gasteiger partial charge in [-0.3, -0.25) is 4.79 Å². The zero-order valence-electron chi connectivity index (χ0n) is 11.6. The van der Waals surface area contributed by atoms with Crippen molar-refractivity contribution in [3.63, 3.8) is 0 Å². The van der Waals surface area contributed by atoms with Crippen LogP contribution in [0.5, 0.6) is 0 Å². The van der Waals surface area contributed by atoms with Crippen molar-refractivity contribution in [2.24, 2.45) is 5.92 Å². The predicted octanol–water partition coefficient (Wildman–Crippen LogP) is 4.50. The first-order valence-corrected chi connectivity index (χ1v) is 8.16. The number of rotatable bonds is 5. The molecule has 0 aliphatic heterocycles. The minimum absolute atomic E-state index is 0.222. The molecule has 0 aromatic carbocycles. The molecule has 2 nitrogen and oxygen atoms in total. The first kappa shape index (κ1) is 15.0. The van der Waals surface area contributed by atoms with Gasteiger partial charge < -0.3 is 4.74 Å². The Labute approximate surface area is 124 Å². The molecular formula is C15H21ClO2S. The van der Waals surface area contributed by atoms with Gasteiger partial charge in [0, 0.05) is 17.9 Å². The van der Waals surface area contributed by atoms with Gasteiger partial charge in [0.1, 0.15) is 5.60 Å². The Morgan fingerprint density at radius 1 is 1.58 bits per heavy atom. The fourth-order valence-corrected chi connectivity index (χ4v) is 4.10. The Morgan fingerprint density at radius 3 is 2.95 bits per heavy atom. The summed E-state index contributed by atoms with van der Waals surface area (Å²) in [6, 6.07) is 3.79. The summed E-state index contributed by atoms with van der Waals surface area (Å²) < 4.78 is 6.64. The van der Waals surface area contributed by atoms with Crippen LogP contribution in [0.1, 0.15) is 44.4 Å². The van der Waals surface area contributed by atoms with E-state index in [2.05, 4.69) is 6.92 Å². The highest BCUT2D eigenvalue weighted by Gasteiger charge is 2.41. The highest BCUT2D eigenvalue weighted by atomic mass is 35.5. The van der Waals surface area contributed by atoms with Gasteiger partial charge in [-0.05, 0) is 44.2 Å². The van der Waals surface area contributed by atoms with Crippen LogP contribution in [-0.2, 0) is 16.0 Å². The van der Waals surface area contributed by atoms with Crippen molar-refractivity contribution in [3.8, 4) is 0 Å². The van der Waals surface area contributed by atoms with Crippen LogP contribution >= 0.6 is 22.9 Å². The summed E-state index contributed by atoms with van der Waals surface area (Å²) in [5, 5.41) is 0. The van der Waals surface area contributed by atoms with Gasteiger partial charge in [0.2, 0.25) is 0 Å². The fourth-order valence-electron chi connectivity index (χ4n) is 3.01. The maximum Gasteiger partial charge on any atom is 0.169 e. The van der Waals surface area contributed by atoms with E-state index in [0.717, 1.165) is 28.5 Å². The monoisotopic (exact) mass is 300 g/mol. The molecule has 2 atom stereocenters. The molecule has 1 fully saturated rings. The molecule has 0 spiro atoms.